The number of aryl methyl sites for hydroxylation is 1. The summed E-state index contributed by atoms with van der Waals surface area (Å²) in [5.74, 6) is 0.383. The van der Waals surface area contributed by atoms with Crippen LogP contribution in [0, 0.1) is 5.82 Å². The molecular formula is C15H19FN6O2. The van der Waals surface area contributed by atoms with Crippen LogP contribution in [0.1, 0.15) is 0 Å². The molecule has 8 nitrogen and oxygen atoms in total. The number of rotatable bonds is 4. The number of nitrogens with zero attached hydrogens (tertiary/aromatic N) is 6. The predicted octanol–water partition coefficient (Wildman–Crippen LogP) is 0.0510. The van der Waals surface area contributed by atoms with E-state index in [4.69, 9.17) is 4.74 Å². The third-order valence-electron chi connectivity index (χ3n) is 3.87. The van der Waals surface area contributed by atoms with Crippen LogP contribution >= 0.6 is 0 Å². The molecule has 0 aliphatic carbocycles. The molecule has 1 aliphatic heterocycles. The van der Waals surface area contributed by atoms with Crippen molar-refractivity contribution >= 4 is 11.8 Å². The number of morpholine rings is 1. The summed E-state index contributed by atoms with van der Waals surface area (Å²) >= 11 is 0. The Morgan fingerprint density at radius 1 is 1.38 bits per heavy atom. The summed E-state index contributed by atoms with van der Waals surface area (Å²) in [6, 6.07) is 0. The molecule has 0 radical (unpaired) electrons. The summed E-state index contributed by atoms with van der Waals surface area (Å²) in [5, 5.41) is 0. The fourth-order valence-corrected chi connectivity index (χ4v) is 2.62. The van der Waals surface area contributed by atoms with Gasteiger partial charge in [0.1, 0.15) is 0 Å². The van der Waals surface area contributed by atoms with Crippen LogP contribution in [0.4, 0.5) is 16.2 Å². The molecule has 2 aromatic heterocycles. The zero-order valence-corrected chi connectivity index (χ0v) is 13.6. The molecule has 0 bridgehead atoms. The normalized spacial score (nSPS) is 17.8. The van der Waals surface area contributed by atoms with Crippen molar-refractivity contribution in [3.8, 4) is 0 Å². The number of aromatic nitrogens is 4. The van der Waals surface area contributed by atoms with Gasteiger partial charge in [-0.2, -0.15) is 0 Å². The Bertz CT molecular complexity index is 750. The summed E-state index contributed by atoms with van der Waals surface area (Å²) in [5.41, 5.74) is -0.158. The second-order valence-corrected chi connectivity index (χ2v) is 5.69. The monoisotopic (exact) mass is 334 g/mol. The Morgan fingerprint density at radius 2 is 2.12 bits per heavy atom. The van der Waals surface area contributed by atoms with Gasteiger partial charge in [0.15, 0.2) is 11.6 Å². The third-order valence-corrected chi connectivity index (χ3v) is 3.87. The first-order chi connectivity index (χ1) is 11.5. The maximum absolute atomic E-state index is 12.9. The quantitative estimate of drug-likeness (QED) is 0.782. The minimum atomic E-state index is -0.464. The maximum Gasteiger partial charge on any atom is 0.293 e. The minimum absolute atomic E-state index is 0.135. The number of halogens is 1. The second kappa shape index (κ2) is 6.91. The summed E-state index contributed by atoms with van der Waals surface area (Å²) in [4.78, 5) is 28.0. The van der Waals surface area contributed by atoms with Gasteiger partial charge in [-0.1, -0.05) is 0 Å². The van der Waals surface area contributed by atoms with Gasteiger partial charge < -0.3 is 19.1 Å². The fourth-order valence-electron chi connectivity index (χ4n) is 2.62. The molecule has 128 valence electrons. The average Bonchev–Trinajstić information content (AvgIpc) is 2.58. The molecule has 1 fully saturated rings. The molecule has 0 spiro atoms. The lowest BCUT2D eigenvalue weighted by Crippen LogP contribution is -2.48. The van der Waals surface area contributed by atoms with Gasteiger partial charge in [0, 0.05) is 46.1 Å². The number of hydrogen-bond acceptors (Lipinski definition) is 7. The second-order valence-electron chi connectivity index (χ2n) is 5.69. The van der Waals surface area contributed by atoms with E-state index in [2.05, 4.69) is 15.0 Å². The maximum atomic E-state index is 12.9. The molecule has 1 atom stereocenters. The summed E-state index contributed by atoms with van der Waals surface area (Å²) in [7, 11) is 3.49. The molecule has 0 amide bonds. The van der Waals surface area contributed by atoms with E-state index in [1.54, 1.807) is 31.4 Å². The lowest BCUT2D eigenvalue weighted by Gasteiger charge is -2.34. The molecule has 0 aromatic carbocycles. The molecule has 0 N–H and O–H groups in total. The van der Waals surface area contributed by atoms with Crippen molar-refractivity contribution < 1.29 is 9.13 Å². The van der Waals surface area contributed by atoms with Crippen LogP contribution in [0.2, 0.25) is 0 Å². The standard InChI is InChI=1S/C15H19FN6O2/c1-20-4-3-17-13(14(20)23)21(2)9-12-10-22(5-6-24-12)15-18-7-11(16)8-19-15/h3-4,7-8,12H,5-6,9-10H2,1-2H3. The van der Waals surface area contributed by atoms with Crippen LogP contribution in [0.25, 0.3) is 0 Å². The van der Waals surface area contributed by atoms with E-state index in [0.29, 0.717) is 38.0 Å². The number of hydrogen-bond donors (Lipinski definition) is 0. The first-order valence-electron chi connectivity index (χ1n) is 7.61. The Morgan fingerprint density at radius 3 is 2.88 bits per heavy atom. The van der Waals surface area contributed by atoms with Gasteiger partial charge in [0.25, 0.3) is 5.56 Å². The van der Waals surface area contributed by atoms with E-state index >= 15 is 0 Å². The zero-order chi connectivity index (χ0) is 17.1. The third kappa shape index (κ3) is 3.51. The van der Waals surface area contributed by atoms with Crippen molar-refractivity contribution in [2.45, 2.75) is 6.10 Å². The summed E-state index contributed by atoms with van der Waals surface area (Å²) in [6.07, 6.45) is 5.37. The lowest BCUT2D eigenvalue weighted by atomic mass is 10.2. The van der Waals surface area contributed by atoms with Gasteiger partial charge >= 0.3 is 0 Å². The van der Waals surface area contributed by atoms with E-state index in [9.17, 15) is 9.18 Å². The Hall–Kier alpha value is -2.55. The van der Waals surface area contributed by atoms with Crippen molar-refractivity contribution in [3.63, 3.8) is 0 Å². The molecular weight excluding hydrogens is 315 g/mol. The highest BCUT2D eigenvalue weighted by atomic mass is 19.1. The van der Waals surface area contributed by atoms with Crippen LogP contribution in [-0.2, 0) is 11.8 Å². The van der Waals surface area contributed by atoms with Crippen molar-refractivity contribution in [2.75, 3.05) is 43.1 Å². The molecule has 1 unspecified atom stereocenters. The van der Waals surface area contributed by atoms with Gasteiger partial charge in [0.05, 0.1) is 25.1 Å². The Kier molecular flexibility index (Phi) is 4.70. The number of ether oxygens (including phenoxy) is 1. The van der Waals surface area contributed by atoms with E-state index in [0.717, 1.165) is 12.4 Å². The van der Waals surface area contributed by atoms with Gasteiger partial charge in [-0.25, -0.2) is 19.3 Å². The highest BCUT2D eigenvalue weighted by Crippen LogP contribution is 2.14. The van der Waals surface area contributed by atoms with Gasteiger partial charge in [-0.15, -0.1) is 0 Å². The molecule has 1 aliphatic rings. The van der Waals surface area contributed by atoms with Crippen LogP contribution < -0.4 is 15.4 Å². The Labute approximate surface area is 138 Å². The molecule has 24 heavy (non-hydrogen) atoms. The molecule has 9 heteroatoms. The summed E-state index contributed by atoms with van der Waals surface area (Å²) in [6.45, 7) is 2.21. The van der Waals surface area contributed by atoms with E-state index in [-0.39, 0.29) is 11.7 Å². The van der Waals surface area contributed by atoms with Crippen molar-refractivity contribution in [2.24, 2.45) is 7.05 Å². The van der Waals surface area contributed by atoms with E-state index < -0.39 is 5.82 Å². The zero-order valence-electron chi connectivity index (χ0n) is 13.6. The largest absolute Gasteiger partial charge is 0.373 e. The molecule has 3 rings (SSSR count). The SMILES string of the molecule is CN(CC1CN(c2ncc(F)cn2)CCO1)c1nccn(C)c1=O. The summed E-state index contributed by atoms with van der Waals surface area (Å²) < 4.78 is 20.2. The number of likely N-dealkylation sites (N-methyl/N-ethyl adjacent to an activating group) is 1. The topological polar surface area (TPSA) is 76.4 Å². The van der Waals surface area contributed by atoms with Crippen LogP contribution in [0.15, 0.2) is 29.6 Å². The van der Waals surface area contributed by atoms with Gasteiger partial charge in [-0.3, -0.25) is 4.79 Å². The molecule has 2 aromatic rings. The highest BCUT2D eigenvalue weighted by Gasteiger charge is 2.24. The van der Waals surface area contributed by atoms with E-state index in [1.807, 2.05) is 4.90 Å². The van der Waals surface area contributed by atoms with Crippen molar-refractivity contribution in [1.29, 1.82) is 0 Å². The van der Waals surface area contributed by atoms with Crippen molar-refractivity contribution in [1.82, 2.24) is 19.5 Å². The van der Waals surface area contributed by atoms with Gasteiger partial charge in [0.2, 0.25) is 5.95 Å². The smallest absolute Gasteiger partial charge is 0.293 e. The first-order valence-corrected chi connectivity index (χ1v) is 7.61. The first kappa shape index (κ1) is 16.3. The predicted molar refractivity (Wildman–Crippen MR) is 86.7 cm³/mol. The average molecular weight is 334 g/mol. The molecule has 0 saturated carbocycles. The minimum Gasteiger partial charge on any atom is -0.373 e. The highest BCUT2D eigenvalue weighted by molar-refractivity contribution is 5.35. The Balaban J connectivity index is 1.68. The lowest BCUT2D eigenvalue weighted by molar-refractivity contribution is 0.0452. The van der Waals surface area contributed by atoms with Gasteiger partial charge in [-0.05, 0) is 0 Å². The van der Waals surface area contributed by atoms with Crippen LogP contribution in [-0.4, -0.2) is 58.9 Å². The number of anilines is 2. The molecule has 3 heterocycles. The fraction of sp³-hybridized carbons (Fsp3) is 0.467. The van der Waals surface area contributed by atoms with Crippen LogP contribution in [0.3, 0.4) is 0 Å². The van der Waals surface area contributed by atoms with Crippen LogP contribution in [0.5, 0.6) is 0 Å². The van der Waals surface area contributed by atoms with E-state index in [1.165, 1.54) is 4.57 Å². The van der Waals surface area contributed by atoms with Crippen molar-refractivity contribution in [3.05, 3.63) is 41.0 Å². The molecule has 1 saturated heterocycles.